The Balaban J connectivity index is 1.88. The van der Waals surface area contributed by atoms with Crippen molar-refractivity contribution < 1.29 is 14.4 Å². The normalized spacial score (nSPS) is 23.8. The number of hydrogen-bond donors (Lipinski definition) is 0. The highest BCUT2D eigenvalue weighted by Crippen LogP contribution is 2.35. The number of hydrogen-bond acceptors (Lipinski definition) is 4. The molecule has 0 aliphatic carbocycles. The maximum Gasteiger partial charge on any atom is 0.254 e. The molecule has 2 aliphatic heterocycles. The molecule has 0 unspecified atom stereocenters. The van der Waals surface area contributed by atoms with Gasteiger partial charge in [-0.25, -0.2) is 0 Å². The number of carbonyl (C=O) groups is 3. The highest BCUT2D eigenvalue weighted by Gasteiger charge is 2.47. The second-order valence-electron chi connectivity index (χ2n) is 7.74. The van der Waals surface area contributed by atoms with Crippen LogP contribution in [0.5, 0.6) is 0 Å². The standard InChI is InChI=1S/C19H27N3O3S/c1-4-20-11-19(9-16(20)23)12-21(17(24)14(2)3)6-7-22(13-19)18(25)15-5-8-26-10-15/h5,8,10,14H,4,6-7,9,11-13H2,1-3H3/t19-/m1/s1. The van der Waals surface area contributed by atoms with Crippen LogP contribution in [0.1, 0.15) is 37.6 Å². The average molecular weight is 378 g/mol. The molecule has 1 spiro atoms. The van der Waals surface area contributed by atoms with Crippen LogP contribution in [-0.4, -0.2) is 71.7 Å². The Bertz CT molecular complexity index is 688. The Hall–Kier alpha value is -1.89. The molecule has 0 radical (unpaired) electrons. The van der Waals surface area contributed by atoms with Crippen molar-refractivity contribution in [3.05, 3.63) is 22.4 Å². The second kappa shape index (κ2) is 7.39. The molecule has 3 amide bonds. The Labute approximate surface area is 158 Å². The van der Waals surface area contributed by atoms with Crippen molar-refractivity contribution in [2.24, 2.45) is 11.3 Å². The summed E-state index contributed by atoms with van der Waals surface area (Å²) in [6.45, 7) is 9.13. The van der Waals surface area contributed by atoms with Gasteiger partial charge in [-0.3, -0.25) is 14.4 Å². The molecule has 26 heavy (non-hydrogen) atoms. The highest BCUT2D eigenvalue weighted by atomic mass is 32.1. The van der Waals surface area contributed by atoms with E-state index >= 15 is 0 Å². The molecular weight excluding hydrogens is 350 g/mol. The van der Waals surface area contributed by atoms with Crippen LogP contribution in [0.15, 0.2) is 16.8 Å². The zero-order valence-electron chi connectivity index (χ0n) is 15.7. The van der Waals surface area contributed by atoms with E-state index in [-0.39, 0.29) is 29.1 Å². The van der Waals surface area contributed by atoms with Crippen LogP contribution in [0.25, 0.3) is 0 Å². The van der Waals surface area contributed by atoms with E-state index in [1.54, 1.807) is 0 Å². The molecule has 2 aliphatic rings. The molecule has 3 rings (SSSR count). The van der Waals surface area contributed by atoms with Crippen molar-refractivity contribution >= 4 is 29.1 Å². The zero-order valence-corrected chi connectivity index (χ0v) is 16.6. The molecule has 1 aromatic rings. The first kappa shape index (κ1) is 18.9. The number of rotatable bonds is 3. The van der Waals surface area contributed by atoms with Crippen LogP contribution in [-0.2, 0) is 9.59 Å². The Kier molecular flexibility index (Phi) is 5.37. The van der Waals surface area contributed by atoms with E-state index in [9.17, 15) is 14.4 Å². The predicted octanol–water partition coefficient (Wildman–Crippen LogP) is 1.93. The summed E-state index contributed by atoms with van der Waals surface area (Å²) in [5, 5.41) is 3.75. The van der Waals surface area contributed by atoms with Gasteiger partial charge in [0.25, 0.3) is 5.91 Å². The first-order valence-electron chi connectivity index (χ1n) is 9.23. The summed E-state index contributed by atoms with van der Waals surface area (Å²) in [6, 6.07) is 1.83. The molecular formula is C19H27N3O3S. The lowest BCUT2D eigenvalue weighted by Gasteiger charge is -2.34. The molecule has 0 saturated carbocycles. The lowest BCUT2D eigenvalue weighted by atomic mass is 9.85. The van der Waals surface area contributed by atoms with Gasteiger partial charge in [0.2, 0.25) is 11.8 Å². The third-order valence-electron chi connectivity index (χ3n) is 5.34. The van der Waals surface area contributed by atoms with E-state index in [1.165, 1.54) is 11.3 Å². The van der Waals surface area contributed by atoms with Gasteiger partial charge in [-0.2, -0.15) is 11.3 Å². The van der Waals surface area contributed by atoms with Gasteiger partial charge in [0.1, 0.15) is 0 Å². The van der Waals surface area contributed by atoms with Gasteiger partial charge in [0, 0.05) is 62.4 Å². The molecule has 0 bridgehead atoms. The Morgan fingerprint density at radius 2 is 1.88 bits per heavy atom. The number of carbonyl (C=O) groups excluding carboxylic acids is 3. The molecule has 1 atom stereocenters. The average Bonchev–Trinajstić information content (AvgIpc) is 3.19. The van der Waals surface area contributed by atoms with Crippen LogP contribution in [0, 0.1) is 11.3 Å². The molecule has 0 N–H and O–H groups in total. The fourth-order valence-electron chi connectivity index (χ4n) is 4.04. The van der Waals surface area contributed by atoms with Crippen LogP contribution < -0.4 is 0 Å². The van der Waals surface area contributed by atoms with E-state index in [1.807, 2.05) is 52.3 Å². The quantitative estimate of drug-likeness (QED) is 0.809. The van der Waals surface area contributed by atoms with E-state index in [2.05, 4.69) is 0 Å². The molecule has 2 saturated heterocycles. The van der Waals surface area contributed by atoms with Gasteiger partial charge < -0.3 is 14.7 Å². The van der Waals surface area contributed by atoms with E-state index in [0.717, 1.165) is 0 Å². The summed E-state index contributed by atoms with van der Waals surface area (Å²) in [7, 11) is 0. The third-order valence-corrected chi connectivity index (χ3v) is 6.02. The summed E-state index contributed by atoms with van der Waals surface area (Å²) in [5.74, 6) is 0.114. The number of thiophene rings is 1. The minimum Gasteiger partial charge on any atom is -0.342 e. The van der Waals surface area contributed by atoms with Gasteiger partial charge in [-0.05, 0) is 18.4 Å². The van der Waals surface area contributed by atoms with Gasteiger partial charge >= 0.3 is 0 Å². The molecule has 7 heteroatoms. The zero-order chi connectivity index (χ0) is 18.9. The first-order chi connectivity index (χ1) is 12.3. The lowest BCUT2D eigenvalue weighted by Crippen LogP contribution is -2.46. The fourth-order valence-corrected chi connectivity index (χ4v) is 4.67. The molecule has 6 nitrogen and oxygen atoms in total. The van der Waals surface area contributed by atoms with Crippen molar-refractivity contribution in [3.63, 3.8) is 0 Å². The van der Waals surface area contributed by atoms with Crippen molar-refractivity contribution in [2.45, 2.75) is 27.2 Å². The summed E-state index contributed by atoms with van der Waals surface area (Å²) in [6.07, 6.45) is 0.399. The SMILES string of the molecule is CCN1C[C@@]2(CC1=O)CN(C(=O)c1ccsc1)CCN(C(=O)C(C)C)C2. The molecule has 1 aromatic heterocycles. The molecule has 3 heterocycles. The van der Waals surface area contributed by atoms with Gasteiger partial charge in [0.05, 0.1) is 5.56 Å². The monoisotopic (exact) mass is 377 g/mol. The van der Waals surface area contributed by atoms with Crippen LogP contribution in [0.2, 0.25) is 0 Å². The number of likely N-dealkylation sites (tertiary alicyclic amines) is 1. The van der Waals surface area contributed by atoms with Crippen LogP contribution in [0.3, 0.4) is 0 Å². The maximum absolute atomic E-state index is 12.9. The predicted molar refractivity (Wildman–Crippen MR) is 101 cm³/mol. The van der Waals surface area contributed by atoms with E-state index in [0.29, 0.717) is 51.3 Å². The van der Waals surface area contributed by atoms with Crippen LogP contribution in [0.4, 0.5) is 0 Å². The maximum atomic E-state index is 12.9. The minimum absolute atomic E-state index is 0.00753. The van der Waals surface area contributed by atoms with Crippen LogP contribution >= 0.6 is 11.3 Å². The van der Waals surface area contributed by atoms with E-state index in [4.69, 9.17) is 0 Å². The summed E-state index contributed by atoms with van der Waals surface area (Å²) >= 11 is 1.50. The number of nitrogens with zero attached hydrogens (tertiary/aromatic N) is 3. The highest BCUT2D eigenvalue weighted by molar-refractivity contribution is 7.08. The Morgan fingerprint density at radius 1 is 1.19 bits per heavy atom. The first-order valence-corrected chi connectivity index (χ1v) is 10.2. The summed E-state index contributed by atoms with van der Waals surface area (Å²) in [5.41, 5.74) is 0.310. The van der Waals surface area contributed by atoms with E-state index < -0.39 is 0 Å². The summed E-state index contributed by atoms with van der Waals surface area (Å²) < 4.78 is 0. The topological polar surface area (TPSA) is 60.9 Å². The van der Waals surface area contributed by atoms with Crippen molar-refractivity contribution in [2.75, 3.05) is 39.3 Å². The van der Waals surface area contributed by atoms with Gasteiger partial charge in [0.15, 0.2) is 0 Å². The van der Waals surface area contributed by atoms with Crippen molar-refractivity contribution in [1.82, 2.24) is 14.7 Å². The lowest BCUT2D eigenvalue weighted by molar-refractivity contribution is -0.135. The molecule has 0 aromatic carbocycles. The fraction of sp³-hybridized carbons (Fsp3) is 0.632. The van der Waals surface area contributed by atoms with Crippen molar-refractivity contribution in [3.8, 4) is 0 Å². The molecule has 2 fully saturated rings. The Morgan fingerprint density at radius 3 is 2.46 bits per heavy atom. The van der Waals surface area contributed by atoms with Gasteiger partial charge in [-0.1, -0.05) is 13.8 Å². The largest absolute Gasteiger partial charge is 0.342 e. The summed E-state index contributed by atoms with van der Waals surface area (Å²) in [4.78, 5) is 43.5. The third kappa shape index (κ3) is 3.63. The van der Waals surface area contributed by atoms with Crippen molar-refractivity contribution in [1.29, 1.82) is 0 Å². The number of amides is 3. The second-order valence-corrected chi connectivity index (χ2v) is 8.52. The minimum atomic E-state index is -0.375. The van der Waals surface area contributed by atoms with Gasteiger partial charge in [-0.15, -0.1) is 0 Å². The smallest absolute Gasteiger partial charge is 0.254 e. The molecule has 142 valence electrons.